The van der Waals surface area contributed by atoms with Gasteiger partial charge in [-0.25, -0.2) is 19.6 Å². The second kappa shape index (κ2) is 8.58. The van der Waals surface area contributed by atoms with Crippen LogP contribution in [0.1, 0.15) is 25.3 Å². The van der Waals surface area contributed by atoms with Crippen molar-refractivity contribution < 1.29 is 9.47 Å². The van der Waals surface area contributed by atoms with Crippen LogP contribution < -0.4 is 14.8 Å². The Morgan fingerprint density at radius 2 is 2.03 bits per heavy atom. The molecule has 0 fully saturated rings. The molecule has 5 rings (SSSR count). The van der Waals surface area contributed by atoms with Gasteiger partial charge in [0.05, 0.1) is 18.9 Å². The number of fused-ring (bicyclic) bond motifs is 6. The van der Waals surface area contributed by atoms with Crippen LogP contribution in [-0.4, -0.2) is 62.5 Å². The first-order valence-corrected chi connectivity index (χ1v) is 10.9. The third-order valence-corrected chi connectivity index (χ3v) is 5.75. The molecule has 32 heavy (non-hydrogen) atoms. The minimum atomic E-state index is -0.0374. The number of nitrogens with one attached hydrogen (secondary N) is 1. The van der Waals surface area contributed by atoms with Gasteiger partial charge in [0.2, 0.25) is 5.88 Å². The molecule has 0 unspecified atom stereocenters. The number of anilines is 2. The van der Waals surface area contributed by atoms with E-state index in [-0.39, 0.29) is 6.10 Å². The van der Waals surface area contributed by atoms with E-state index in [0.29, 0.717) is 29.9 Å². The second-order valence-corrected chi connectivity index (χ2v) is 8.25. The normalized spacial score (nSPS) is 19.0. The molecule has 3 aromatic rings. The van der Waals surface area contributed by atoms with Gasteiger partial charge in [-0.15, -0.1) is 0 Å². The van der Waals surface area contributed by atoms with E-state index >= 15 is 0 Å². The van der Waals surface area contributed by atoms with Gasteiger partial charge in [0.15, 0.2) is 5.82 Å². The van der Waals surface area contributed by atoms with Crippen LogP contribution in [-0.2, 0) is 7.05 Å². The number of hydrogen-bond acceptors (Lipinski definition) is 8. The average molecular weight is 434 g/mol. The molecule has 2 aliphatic rings. The van der Waals surface area contributed by atoms with Crippen LogP contribution in [0.4, 0.5) is 11.6 Å². The second-order valence-electron chi connectivity index (χ2n) is 8.25. The van der Waals surface area contributed by atoms with Crippen molar-refractivity contribution in [1.82, 2.24) is 29.6 Å². The summed E-state index contributed by atoms with van der Waals surface area (Å²) in [5.41, 5.74) is 3.06. The molecule has 1 N–H and O–H groups in total. The molecule has 0 amide bonds. The highest BCUT2D eigenvalue weighted by Gasteiger charge is 2.20. The molecule has 0 saturated heterocycles. The standard InChI is InChI=1S/C23H27N7O2/c1-15-7-11-31-23-18(14-26-30(23)3)22-24-8-4-20(28-22)27-21-12-19(32-15)17(13-25-21)16-5-9-29(2)10-6-16/h4-5,8,12-15H,6-7,9-11H2,1-3H3,(H,24,25,27,28)/t15-/m0/s1. The molecule has 0 spiro atoms. The SMILES string of the molecule is C[C@H]1CCOc2c(cnn2C)-c2nccc(n2)Nc2cc(c(C3=CCN(C)CC3)cn2)O1. The minimum Gasteiger partial charge on any atom is -0.490 e. The van der Waals surface area contributed by atoms with Gasteiger partial charge < -0.3 is 19.7 Å². The van der Waals surface area contributed by atoms with E-state index in [9.17, 15) is 0 Å². The molecule has 0 radical (unpaired) electrons. The van der Waals surface area contributed by atoms with E-state index in [1.807, 2.05) is 25.4 Å². The van der Waals surface area contributed by atoms with Gasteiger partial charge in [-0.3, -0.25) is 0 Å². The van der Waals surface area contributed by atoms with Gasteiger partial charge in [-0.2, -0.15) is 5.10 Å². The van der Waals surface area contributed by atoms with E-state index in [4.69, 9.17) is 9.47 Å². The zero-order valence-electron chi connectivity index (χ0n) is 18.6. The van der Waals surface area contributed by atoms with E-state index in [2.05, 4.69) is 50.3 Å². The molecule has 166 valence electrons. The third kappa shape index (κ3) is 4.16. The zero-order chi connectivity index (χ0) is 22.1. The van der Waals surface area contributed by atoms with Crippen LogP contribution in [0.15, 0.2) is 36.8 Å². The third-order valence-electron chi connectivity index (χ3n) is 5.75. The smallest absolute Gasteiger partial charge is 0.222 e. The van der Waals surface area contributed by atoms with Crippen LogP contribution in [0, 0.1) is 0 Å². The summed E-state index contributed by atoms with van der Waals surface area (Å²) in [6.07, 6.45) is 9.24. The zero-order valence-corrected chi connectivity index (χ0v) is 18.6. The highest BCUT2D eigenvalue weighted by molar-refractivity contribution is 5.73. The number of nitrogens with zero attached hydrogens (tertiary/aromatic N) is 6. The summed E-state index contributed by atoms with van der Waals surface area (Å²) in [5, 5.41) is 7.62. The van der Waals surface area contributed by atoms with Crippen molar-refractivity contribution in [3.8, 4) is 23.0 Å². The van der Waals surface area contributed by atoms with Crippen LogP contribution in [0.5, 0.6) is 11.6 Å². The first-order chi connectivity index (χ1) is 15.6. The lowest BCUT2D eigenvalue weighted by Crippen LogP contribution is -2.24. The van der Waals surface area contributed by atoms with Crippen LogP contribution in [0.3, 0.4) is 0 Å². The Kier molecular flexibility index (Phi) is 5.48. The Bertz CT molecular complexity index is 1160. The highest BCUT2D eigenvalue weighted by Crippen LogP contribution is 2.34. The summed E-state index contributed by atoms with van der Waals surface area (Å²) in [6.45, 7) is 4.50. The maximum absolute atomic E-state index is 6.40. The van der Waals surface area contributed by atoms with Crippen molar-refractivity contribution >= 4 is 17.2 Å². The lowest BCUT2D eigenvalue weighted by atomic mass is 10.0. The Morgan fingerprint density at radius 1 is 1.12 bits per heavy atom. The quantitative estimate of drug-likeness (QED) is 0.625. The molecule has 5 heterocycles. The molecule has 0 saturated carbocycles. The van der Waals surface area contributed by atoms with E-state index in [0.717, 1.165) is 42.8 Å². The van der Waals surface area contributed by atoms with E-state index in [1.54, 1.807) is 17.1 Å². The molecule has 4 bridgehead atoms. The van der Waals surface area contributed by atoms with Crippen molar-refractivity contribution in [2.45, 2.75) is 25.9 Å². The summed E-state index contributed by atoms with van der Waals surface area (Å²) in [4.78, 5) is 16.0. The number of rotatable bonds is 1. The number of likely N-dealkylation sites (N-methyl/N-ethyl adjacent to an activating group) is 1. The van der Waals surface area contributed by atoms with E-state index < -0.39 is 0 Å². The summed E-state index contributed by atoms with van der Waals surface area (Å²) in [7, 11) is 3.98. The average Bonchev–Trinajstić information content (AvgIpc) is 3.15. The summed E-state index contributed by atoms with van der Waals surface area (Å²) >= 11 is 0. The monoisotopic (exact) mass is 433 g/mol. The Balaban J connectivity index is 1.54. The molecular formula is C23H27N7O2. The maximum Gasteiger partial charge on any atom is 0.222 e. The predicted octanol–water partition coefficient (Wildman–Crippen LogP) is 3.28. The molecule has 1 atom stereocenters. The molecule has 9 nitrogen and oxygen atoms in total. The van der Waals surface area contributed by atoms with Crippen molar-refractivity contribution in [2.75, 3.05) is 32.1 Å². The van der Waals surface area contributed by atoms with Gasteiger partial charge >= 0.3 is 0 Å². The number of pyridine rings is 1. The molecule has 2 aliphatic heterocycles. The van der Waals surface area contributed by atoms with Crippen LogP contribution >= 0.6 is 0 Å². The Labute approximate surface area is 187 Å². The first-order valence-electron chi connectivity index (χ1n) is 10.9. The number of hydrogen-bond donors (Lipinski definition) is 1. The Hall–Kier alpha value is -3.46. The van der Waals surface area contributed by atoms with Gasteiger partial charge in [-0.1, -0.05) is 6.08 Å². The molecule has 0 aliphatic carbocycles. The summed E-state index contributed by atoms with van der Waals surface area (Å²) in [5.74, 6) is 3.32. The summed E-state index contributed by atoms with van der Waals surface area (Å²) < 4.78 is 14.2. The van der Waals surface area contributed by atoms with Gasteiger partial charge in [0, 0.05) is 50.6 Å². The molecule has 0 aromatic carbocycles. The largest absolute Gasteiger partial charge is 0.490 e. The van der Waals surface area contributed by atoms with Crippen molar-refractivity contribution in [3.63, 3.8) is 0 Å². The van der Waals surface area contributed by atoms with Gasteiger partial charge in [0.25, 0.3) is 0 Å². The maximum atomic E-state index is 6.40. The topological polar surface area (TPSA) is 90.2 Å². The highest BCUT2D eigenvalue weighted by atomic mass is 16.5. The van der Waals surface area contributed by atoms with Crippen LogP contribution in [0.2, 0.25) is 0 Å². The fourth-order valence-electron chi connectivity index (χ4n) is 3.90. The number of ether oxygens (including phenoxy) is 2. The number of aromatic nitrogens is 5. The fraction of sp³-hybridized carbons (Fsp3) is 0.391. The molecular weight excluding hydrogens is 406 g/mol. The predicted molar refractivity (Wildman–Crippen MR) is 122 cm³/mol. The van der Waals surface area contributed by atoms with Gasteiger partial charge in [0.1, 0.15) is 22.9 Å². The lowest BCUT2D eigenvalue weighted by molar-refractivity contribution is 0.172. The minimum absolute atomic E-state index is 0.0374. The first kappa shape index (κ1) is 20.4. The fourth-order valence-corrected chi connectivity index (χ4v) is 3.90. The van der Waals surface area contributed by atoms with Crippen molar-refractivity contribution in [1.29, 1.82) is 0 Å². The van der Waals surface area contributed by atoms with Gasteiger partial charge in [-0.05, 0) is 32.0 Å². The molecule has 9 heteroatoms. The number of aryl methyl sites for hydroxylation is 1. The van der Waals surface area contributed by atoms with Crippen molar-refractivity contribution in [2.24, 2.45) is 7.05 Å². The Morgan fingerprint density at radius 3 is 2.88 bits per heavy atom. The lowest BCUT2D eigenvalue weighted by Gasteiger charge is -2.24. The van der Waals surface area contributed by atoms with E-state index in [1.165, 1.54) is 5.57 Å². The van der Waals surface area contributed by atoms with Crippen LogP contribution in [0.25, 0.3) is 17.0 Å². The molecule has 3 aromatic heterocycles. The summed E-state index contributed by atoms with van der Waals surface area (Å²) in [6, 6.07) is 3.76. The van der Waals surface area contributed by atoms with Crippen molar-refractivity contribution in [3.05, 3.63) is 42.4 Å².